The molecule has 0 aliphatic carbocycles. The molecule has 0 aliphatic rings. The first-order valence-electron chi connectivity index (χ1n) is 5.20. The van der Waals surface area contributed by atoms with E-state index in [4.69, 9.17) is 5.11 Å². The van der Waals surface area contributed by atoms with Crippen LogP contribution in [0.15, 0.2) is 43.0 Å². The number of aromatic carboxylic acids is 1. The first-order chi connectivity index (χ1) is 8.22. The summed E-state index contributed by atoms with van der Waals surface area (Å²) >= 11 is 0. The molecule has 0 saturated heterocycles. The van der Waals surface area contributed by atoms with Crippen molar-refractivity contribution in [3.05, 3.63) is 48.7 Å². The molecule has 0 spiro atoms. The molecule has 0 fully saturated rings. The Labute approximate surface area is 98.6 Å². The van der Waals surface area contributed by atoms with Gasteiger partial charge in [0.2, 0.25) is 0 Å². The molecule has 0 radical (unpaired) electrons. The van der Waals surface area contributed by atoms with Crippen LogP contribution in [0.1, 0.15) is 10.5 Å². The van der Waals surface area contributed by atoms with Crippen LogP contribution < -0.4 is 5.32 Å². The van der Waals surface area contributed by atoms with Gasteiger partial charge in [0.05, 0.1) is 0 Å². The Kier molecular flexibility index (Phi) is 3.05. The van der Waals surface area contributed by atoms with Crippen LogP contribution in [-0.2, 0) is 0 Å². The van der Waals surface area contributed by atoms with E-state index in [9.17, 15) is 4.79 Å². The van der Waals surface area contributed by atoms with Crippen LogP contribution in [0.25, 0.3) is 10.8 Å². The van der Waals surface area contributed by atoms with Crippen LogP contribution in [0.4, 0.5) is 5.82 Å². The molecule has 0 amide bonds. The van der Waals surface area contributed by atoms with Crippen molar-refractivity contribution < 1.29 is 9.90 Å². The molecule has 86 valence electrons. The molecule has 0 saturated carbocycles. The fourth-order valence-corrected chi connectivity index (χ4v) is 1.61. The number of carbonyl (C=O) groups is 1. The molecule has 4 heteroatoms. The number of carboxylic acid groups (broad SMARTS) is 1. The summed E-state index contributed by atoms with van der Waals surface area (Å²) in [5.41, 5.74) is 0.0373. The lowest BCUT2D eigenvalue weighted by atomic mass is 10.1. The SMILES string of the molecule is C=CCNc1nc(C(=O)O)cc2ccccc12. The van der Waals surface area contributed by atoms with E-state index in [0.29, 0.717) is 12.4 Å². The molecule has 0 bridgehead atoms. The van der Waals surface area contributed by atoms with Gasteiger partial charge in [-0.1, -0.05) is 30.3 Å². The Hall–Kier alpha value is -2.36. The van der Waals surface area contributed by atoms with Gasteiger partial charge < -0.3 is 10.4 Å². The van der Waals surface area contributed by atoms with Crippen LogP contribution in [-0.4, -0.2) is 22.6 Å². The largest absolute Gasteiger partial charge is 0.477 e. The number of nitrogens with one attached hydrogen (secondary N) is 1. The fraction of sp³-hybridized carbons (Fsp3) is 0.0769. The van der Waals surface area contributed by atoms with Gasteiger partial charge in [0.1, 0.15) is 5.82 Å². The van der Waals surface area contributed by atoms with Gasteiger partial charge in [0.25, 0.3) is 0 Å². The number of anilines is 1. The van der Waals surface area contributed by atoms with Crippen molar-refractivity contribution in [3.8, 4) is 0 Å². The number of nitrogens with zero attached hydrogens (tertiary/aromatic N) is 1. The van der Waals surface area contributed by atoms with Crippen molar-refractivity contribution in [1.29, 1.82) is 0 Å². The highest BCUT2D eigenvalue weighted by Gasteiger charge is 2.09. The van der Waals surface area contributed by atoms with E-state index >= 15 is 0 Å². The van der Waals surface area contributed by atoms with E-state index in [-0.39, 0.29) is 5.69 Å². The average Bonchev–Trinajstić information content (AvgIpc) is 2.35. The zero-order valence-corrected chi connectivity index (χ0v) is 9.18. The molecule has 0 aliphatic heterocycles. The van der Waals surface area contributed by atoms with Gasteiger partial charge in [-0.05, 0) is 11.5 Å². The number of benzene rings is 1. The predicted octanol–water partition coefficient (Wildman–Crippen LogP) is 2.53. The van der Waals surface area contributed by atoms with E-state index < -0.39 is 5.97 Å². The minimum atomic E-state index is -1.03. The summed E-state index contributed by atoms with van der Waals surface area (Å²) in [5.74, 6) is -0.460. The lowest BCUT2D eigenvalue weighted by Gasteiger charge is -2.08. The lowest BCUT2D eigenvalue weighted by molar-refractivity contribution is 0.0691. The second kappa shape index (κ2) is 4.65. The number of fused-ring (bicyclic) bond motifs is 1. The summed E-state index contributed by atoms with van der Waals surface area (Å²) in [6.07, 6.45) is 1.70. The topological polar surface area (TPSA) is 62.2 Å². The Morgan fingerprint density at radius 3 is 2.94 bits per heavy atom. The number of pyridine rings is 1. The van der Waals surface area contributed by atoms with Crippen molar-refractivity contribution in [2.24, 2.45) is 0 Å². The van der Waals surface area contributed by atoms with Crippen LogP contribution in [0.2, 0.25) is 0 Å². The Morgan fingerprint density at radius 1 is 1.47 bits per heavy atom. The maximum atomic E-state index is 11.0. The summed E-state index contributed by atoms with van der Waals surface area (Å²) in [4.78, 5) is 15.0. The summed E-state index contributed by atoms with van der Waals surface area (Å²) in [5, 5.41) is 13.8. The van der Waals surface area contributed by atoms with Crippen LogP contribution in [0.3, 0.4) is 0 Å². The maximum absolute atomic E-state index is 11.0. The molecule has 0 unspecified atom stereocenters. The smallest absolute Gasteiger partial charge is 0.354 e. The molecule has 2 N–H and O–H groups in total. The number of hydrogen-bond acceptors (Lipinski definition) is 3. The highest BCUT2D eigenvalue weighted by molar-refractivity contribution is 5.97. The second-order valence-electron chi connectivity index (χ2n) is 3.55. The zero-order chi connectivity index (χ0) is 12.3. The molecule has 0 atom stereocenters. The summed E-state index contributed by atoms with van der Waals surface area (Å²) in [6, 6.07) is 9.09. The first-order valence-corrected chi connectivity index (χ1v) is 5.20. The quantitative estimate of drug-likeness (QED) is 0.789. The van der Waals surface area contributed by atoms with E-state index in [2.05, 4.69) is 16.9 Å². The van der Waals surface area contributed by atoms with E-state index in [1.807, 2.05) is 24.3 Å². The fourth-order valence-electron chi connectivity index (χ4n) is 1.61. The van der Waals surface area contributed by atoms with Gasteiger partial charge in [-0.3, -0.25) is 0 Å². The Morgan fingerprint density at radius 2 is 2.24 bits per heavy atom. The lowest BCUT2D eigenvalue weighted by Crippen LogP contribution is -2.06. The van der Waals surface area contributed by atoms with Crippen molar-refractivity contribution in [3.63, 3.8) is 0 Å². The van der Waals surface area contributed by atoms with Crippen molar-refractivity contribution in [2.75, 3.05) is 11.9 Å². The molecular weight excluding hydrogens is 216 g/mol. The van der Waals surface area contributed by atoms with E-state index in [1.54, 1.807) is 12.1 Å². The second-order valence-corrected chi connectivity index (χ2v) is 3.55. The van der Waals surface area contributed by atoms with Crippen molar-refractivity contribution in [1.82, 2.24) is 4.98 Å². The number of carboxylic acids is 1. The summed E-state index contributed by atoms with van der Waals surface area (Å²) in [6.45, 7) is 4.15. The molecule has 2 aromatic rings. The third kappa shape index (κ3) is 2.25. The first kappa shape index (κ1) is 11.1. The van der Waals surface area contributed by atoms with Gasteiger partial charge in [-0.15, -0.1) is 6.58 Å². The molecule has 1 heterocycles. The van der Waals surface area contributed by atoms with Gasteiger partial charge in [-0.25, -0.2) is 9.78 Å². The normalized spacial score (nSPS) is 10.1. The standard InChI is InChI=1S/C13H12N2O2/c1-2-7-14-12-10-6-4-3-5-9(10)8-11(15-12)13(16)17/h2-6,8H,1,7H2,(H,14,15)(H,16,17). The van der Waals surface area contributed by atoms with Crippen molar-refractivity contribution >= 4 is 22.6 Å². The highest BCUT2D eigenvalue weighted by atomic mass is 16.4. The Balaban J connectivity index is 2.60. The highest BCUT2D eigenvalue weighted by Crippen LogP contribution is 2.22. The molecule has 1 aromatic heterocycles. The van der Waals surface area contributed by atoms with Crippen LogP contribution >= 0.6 is 0 Å². The van der Waals surface area contributed by atoms with Gasteiger partial charge in [0, 0.05) is 11.9 Å². The number of rotatable bonds is 4. The molecule has 4 nitrogen and oxygen atoms in total. The van der Waals surface area contributed by atoms with Crippen molar-refractivity contribution in [2.45, 2.75) is 0 Å². The Bertz CT molecular complexity index is 579. The third-order valence-electron chi connectivity index (χ3n) is 2.37. The monoisotopic (exact) mass is 228 g/mol. The van der Waals surface area contributed by atoms with Gasteiger partial charge in [0.15, 0.2) is 5.69 Å². The third-order valence-corrected chi connectivity index (χ3v) is 2.37. The number of aromatic nitrogens is 1. The summed E-state index contributed by atoms with van der Waals surface area (Å²) in [7, 11) is 0. The number of hydrogen-bond donors (Lipinski definition) is 2. The molecule has 2 rings (SSSR count). The summed E-state index contributed by atoms with van der Waals surface area (Å²) < 4.78 is 0. The maximum Gasteiger partial charge on any atom is 0.354 e. The minimum Gasteiger partial charge on any atom is -0.477 e. The van der Waals surface area contributed by atoms with Crippen LogP contribution in [0, 0.1) is 0 Å². The molecule has 1 aromatic carbocycles. The average molecular weight is 228 g/mol. The van der Waals surface area contributed by atoms with E-state index in [0.717, 1.165) is 10.8 Å². The zero-order valence-electron chi connectivity index (χ0n) is 9.18. The van der Waals surface area contributed by atoms with E-state index in [1.165, 1.54) is 0 Å². The van der Waals surface area contributed by atoms with Gasteiger partial charge >= 0.3 is 5.97 Å². The van der Waals surface area contributed by atoms with Crippen LogP contribution in [0.5, 0.6) is 0 Å². The molecular formula is C13H12N2O2. The minimum absolute atomic E-state index is 0.0373. The predicted molar refractivity (Wildman–Crippen MR) is 67.4 cm³/mol. The molecule has 17 heavy (non-hydrogen) atoms. The van der Waals surface area contributed by atoms with Gasteiger partial charge in [-0.2, -0.15) is 0 Å².